The summed E-state index contributed by atoms with van der Waals surface area (Å²) in [6.45, 7) is 0.112. The molecule has 26 heavy (non-hydrogen) atoms. The minimum atomic E-state index is -0.286. The fourth-order valence-electron chi connectivity index (χ4n) is 2.25. The molecule has 0 aliphatic heterocycles. The van der Waals surface area contributed by atoms with Crippen LogP contribution < -0.4 is 24.3 Å². The SMILES string of the molecule is COc1cc(OC)c(OC)cc1CNC(=O)COc1ccc(C#N)cc1. The molecule has 2 aromatic rings. The molecule has 1 amide bonds. The summed E-state index contributed by atoms with van der Waals surface area (Å²) in [5, 5.41) is 11.5. The zero-order chi connectivity index (χ0) is 18.9. The van der Waals surface area contributed by atoms with Gasteiger partial charge in [0.1, 0.15) is 11.5 Å². The molecule has 0 atom stereocenters. The number of nitrogens with one attached hydrogen (secondary N) is 1. The summed E-state index contributed by atoms with van der Waals surface area (Å²) in [7, 11) is 4.62. The monoisotopic (exact) mass is 356 g/mol. The molecule has 7 heteroatoms. The van der Waals surface area contributed by atoms with Gasteiger partial charge in [-0.15, -0.1) is 0 Å². The molecule has 0 bridgehead atoms. The summed E-state index contributed by atoms with van der Waals surface area (Å²) in [6, 6.07) is 12.0. The van der Waals surface area contributed by atoms with Gasteiger partial charge >= 0.3 is 0 Å². The van der Waals surface area contributed by atoms with Crippen molar-refractivity contribution >= 4 is 5.91 Å². The number of ether oxygens (including phenoxy) is 4. The van der Waals surface area contributed by atoms with Crippen LogP contribution in [0.15, 0.2) is 36.4 Å². The lowest BCUT2D eigenvalue weighted by Gasteiger charge is -2.14. The van der Waals surface area contributed by atoms with E-state index in [-0.39, 0.29) is 19.1 Å². The maximum Gasteiger partial charge on any atom is 0.258 e. The Bertz CT molecular complexity index is 797. The van der Waals surface area contributed by atoms with E-state index >= 15 is 0 Å². The predicted molar refractivity (Wildman–Crippen MR) is 94.6 cm³/mol. The lowest BCUT2D eigenvalue weighted by atomic mass is 10.1. The second-order valence-corrected chi connectivity index (χ2v) is 5.22. The minimum Gasteiger partial charge on any atom is -0.496 e. The Morgan fingerprint density at radius 2 is 1.62 bits per heavy atom. The first-order valence-electron chi connectivity index (χ1n) is 7.79. The van der Waals surface area contributed by atoms with E-state index in [1.165, 1.54) is 7.11 Å². The summed E-state index contributed by atoms with van der Waals surface area (Å²) in [4.78, 5) is 12.0. The number of amides is 1. The highest BCUT2D eigenvalue weighted by Crippen LogP contribution is 2.34. The van der Waals surface area contributed by atoms with Crippen molar-refractivity contribution in [2.75, 3.05) is 27.9 Å². The Morgan fingerprint density at radius 3 is 2.19 bits per heavy atom. The smallest absolute Gasteiger partial charge is 0.258 e. The number of nitrogens with zero attached hydrogens (tertiary/aromatic N) is 1. The second kappa shape index (κ2) is 9.18. The van der Waals surface area contributed by atoms with Crippen molar-refractivity contribution < 1.29 is 23.7 Å². The van der Waals surface area contributed by atoms with E-state index in [2.05, 4.69) is 5.32 Å². The number of hydrogen-bond acceptors (Lipinski definition) is 6. The van der Waals surface area contributed by atoms with E-state index in [9.17, 15) is 4.79 Å². The Morgan fingerprint density at radius 1 is 1.00 bits per heavy atom. The van der Waals surface area contributed by atoms with Crippen molar-refractivity contribution in [2.45, 2.75) is 6.54 Å². The Labute approximate surface area is 152 Å². The van der Waals surface area contributed by atoms with E-state index in [4.69, 9.17) is 24.2 Å². The summed E-state index contributed by atoms with van der Waals surface area (Å²) >= 11 is 0. The summed E-state index contributed by atoms with van der Waals surface area (Å²) in [6.07, 6.45) is 0. The van der Waals surface area contributed by atoms with Gasteiger partial charge in [-0.05, 0) is 30.3 Å². The third-order valence-electron chi connectivity index (χ3n) is 3.62. The number of carbonyl (C=O) groups is 1. The van der Waals surface area contributed by atoms with E-state index < -0.39 is 0 Å². The Balaban J connectivity index is 1.94. The van der Waals surface area contributed by atoms with E-state index in [1.807, 2.05) is 6.07 Å². The second-order valence-electron chi connectivity index (χ2n) is 5.22. The number of hydrogen-bond donors (Lipinski definition) is 1. The molecular formula is C19H20N2O5. The average Bonchev–Trinajstić information content (AvgIpc) is 2.70. The predicted octanol–water partition coefficient (Wildman–Crippen LogP) is 2.28. The van der Waals surface area contributed by atoms with Crippen LogP contribution in [-0.2, 0) is 11.3 Å². The van der Waals surface area contributed by atoms with Crippen LogP contribution in [0.25, 0.3) is 0 Å². The highest BCUT2D eigenvalue weighted by molar-refractivity contribution is 5.77. The molecule has 0 saturated heterocycles. The number of nitriles is 1. The van der Waals surface area contributed by atoms with E-state index in [0.717, 1.165) is 5.56 Å². The van der Waals surface area contributed by atoms with E-state index in [0.29, 0.717) is 28.6 Å². The third-order valence-corrected chi connectivity index (χ3v) is 3.62. The van der Waals surface area contributed by atoms with Crippen LogP contribution in [0, 0.1) is 11.3 Å². The average molecular weight is 356 g/mol. The maximum absolute atomic E-state index is 12.0. The Hall–Kier alpha value is -3.40. The molecule has 0 aliphatic rings. The van der Waals surface area contributed by atoms with Gasteiger partial charge in [-0.1, -0.05) is 0 Å². The van der Waals surface area contributed by atoms with Crippen molar-refractivity contribution in [1.82, 2.24) is 5.32 Å². The zero-order valence-corrected chi connectivity index (χ0v) is 14.9. The lowest BCUT2D eigenvalue weighted by molar-refractivity contribution is -0.123. The van der Waals surface area contributed by atoms with Gasteiger partial charge in [-0.25, -0.2) is 0 Å². The molecule has 7 nitrogen and oxygen atoms in total. The van der Waals surface area contributed by atoms with Gasteiger partial charge in [0, 0.05) is 18.2 Å². The van der Waals surface area contributed by atoms with Crippen molar-refractivity contribution in [2.24, 2.45) is 0 Å². The van der Waals surface area contributed by atoms with Gasteiger partial charge in [0.15, 0.2) is 18.1 Å². The van der Waals surface area contributed by atoms with Crippen LogP contribution in [0.1, 0.15) is 11.1 Å². The van der Waals surface area contributed by atoms with Crippen LogP contribution in [-0.4, -0.2) is 33.8 Å². The molecule has 0 aliphatic carbocycles. The normalized spacial score (nSPS) is 9.77. The molecule has 0 spiro atoms. The molecule has 136 valence electrons. The van der Waals surface area contributed by atoms with E-state index in [1.54, 1.807) is 50.6 Å². The number of methoxy groups -OCH3 is 3. The minimum absolute atomic E-state index is 0.137. The molecule has 0 saturated carbocycles. The molecule has 0 aromatic heterocycles. The fourth-order valence-corrected chi connectivity index (χ4v) is 2.25. The topological polar surface area (TPSA) is 89.8 Å². The maximum atomic E-state index is 12.0. The molecule has 0 heterocycles. The number of rotatable bonds is 8. The first-order chi connectivity index (χ1) is 12.6. The molecule has 0 unspecified atom stereocenters. The summed E-state index contributed by atoms with van der Waals surface area (Å²) in [5.74, 6) is 1.90. The number of benzene rings is 2. The van der Waals surface area contributed by atoms with Gasteiger partial charge in [-0.3, -0.25) is 4.79 Å². The largest absolute Gasteiger partial charge is 0.496 e. The first kappa shape index (κ1) is 18.9. The van der Waals surface area contributed by atoms with Gasteiger partial charge in [0.2, 0.25) is 0 Å². The molecule has 0 fully saturated rings. The standard InChI is InChI=1S/C19H20N2O5/c1-23-16-9-18(25-3)17(24-2)8-14(16)11-21-19(22)12-26-15-6-4-13(10-20)5-7-15/h4-9H,11-12H2,1-3H3,(H,21,22). The van der Waals surface area contributed by atoms with Gasteiger partial charge in [0.25, 0.3) is 5.91 Å². The van der Waals surface area contributed by atoms with Gasteiger partial charge < -0.3 is 24.3 Å². The zero-order valence-electron chi connectivity index (χ0n) is 14.9. The first-order valence-corrected chi connectivity index (χ1v) is 7.79. The van der Waals surface area contributed by atoms with Gasteiger partial charge in [0.05, 0.1) is 33.0 Å². The van der Waals surface area contributed by atoms with Crippen LogP contribution in [0.5, 0.6) is 23.0 Å². The van der Waals surface area contributed by atoms with Crippen LogP contribution in [0.2, 0.25) is 0 Å². The third kappa shape index (κ3) is 4.80. The molecule has 1 N–H and O–H groups in total. The Kier molecular flexibility index (Phi) is 6.68. The highest BCUT2D eigenvalue weighted by Gasteiger charge is 2.13. The van der Waals surface area contributed by atoms with Crippen LogP contribution in [0.4, 0.5) is 0 Å². The summed E-state index contributed by atoms with van der Waals surface area (Å²) < 4.78 is 21.2. The van der Waals surface area contributed by atoms with Crippen molar-refractivity contribution in [1.29, 1.82) is 5.26 Å². The van der Waals surface area contributed by atoms with Crippen LogP contribution in [0.3, 0.4) is 0 Å². The molecule has 2 rings (SSSR count). The van der Waals surface area contributed by atoms with Crippen molar-refractivity contribution in [3.63, 3.8) is 0 Å². The van der Waals surface area contributed by atoms with Gasteiger partial charge in [-0.2, -0.15) is 5.26 Å². The summed E-state index contributed by atoms with van der Waals surface area (Å²) in [5.41, 5.74) is 1.28. The molecular weight excluding hydrogens is 336 g/mol. The number of carbonyl (C=O) groups excluding carboxylic acids is 1. The van der Waals surface area contributed by atoms with Crippen LogP contribution >= 0.6 is 0 Å². The highest BCUT2D eigenvalue weighted by atomic mass is 16.5. The van der Waals surface area contributed by atoms with Crippen molar-refractivity contribution in [3.05, 3.63) is 47.5 Å². The van der Waals surface area contributed by atoms with Crippen molar-refractivity contribution in [3.8, 4) is 29.1 Å². The molecule has 0 radical (unpaired) electrons. The molecule has 2 aromatic carbocycles. The fraction of sp³-hybridized carbons (Fsp3) is 0.263. The quantitative estimate of drug-likeness (QED) is 0.780. The lowest BCUT2D eigenvalue weighted by Crippen LogP contribution is -2.28.